The number of aromatic hydroxyl groups is 1. The molecule has 1 N–H and O–H groups in total. The van der Waals surface area contributed by atoms with Crippen LogP contribution in [0.25, 0.3) is 0 Å². The Morgan fingerprint density at radius 1 is 1.04 bits per heavy atom. The maximum absolute atomic E-state index is 10.4. The largest absolute Gasteiger partial charge is 0.508 e. The molecular formula is C21H23NO. The number of likely N-dealkylation sites (tertiary alicyclic amines) is 1. The Hall–Kier alpha value is -2.06. The zero-order chi connectivity index (χ0) is 15.9. The Bertz CT molecular complexity index is 741. The van der Waals surface area contributed by atoms with Gasteiger partial charge in [0, 0.05) is 23.9 Å². The van der Waals surface area contributed by atoms with Crippen LogP contribution in [0.5, 0.6) is 5.75 Å². The highest BCUT2D eigenvalue weighted by Gasteiger charge is 2.43. The van der Waals surface area contributed by atoms with E-state index in [0.29, 0.717) is 5.75 Å². The summed E-state index contributed by atoms with van der Waals surface area (Å²) >= 11 is 0. The van der Waals surface area contributed by atoms with Gasteiger partial charge in [0.15, 0.2) is 0 Å². The lowest BCUT2D eigenvalue weighted by Gasteiger charge is -2.46. The molecule has 0 aromatic heterocycles. The van der Waals surface area contributed by atoms with Gasteiger partial charge < -0.3 is 5.11 Å². The van der Waals surface area contributed by atoms with Gasteiger partial charge in [0.05, 0.1) is 0 Å². The van der Waals surface area contributed by atoms with E-state index in [1.807, 2.05) is 18.2 Å². The van der Waals surface area contributed by atoms with Gasteiger partial charge in [-0.05, 0) is 48.7 Å². The van der Waals surface area contributed by atoms with Crippen molar-refractivity contribution in [2.24, 2.45) is 0 Å². The second kappa shape index (κ2) is 5.54. The molecule has 1 aliphatic heterocycles. The van der Waals surface area contributed by atoms with Gasteiger partial charge in [-0.15, -0.1) is 6.58 Å². The summed E-state index contributed by atoms with van der Waals surface area (Å²) in [5, 5.41) is 10.4. The van der Waals surface area contributed by atoms with Crippen molar-refractivity contribution in [3.05, 3.63) is 77.4 Å². The highest BCUT2D eigenvalue weighted by atomic mass is 16.3. The summed E-state index contributed by atoms with van der Waals surface area (Å²) in [7, 11) is 0. The van der Waals surface area contributed by atoms with E-state index < -0.39 is 0 Å². The summed E-state index contributed by atoms with van der Waals surface area (Å²) in [5.41, 5.74) is 5.37. The van der Waals surface area contributed by atoms with E-state index in [1.165, 1.54) is 16.7 Å². The molecule has 23 heavy (non-hydrogen) atoms. The van der Waals surface area contributed by atoms with Crippen LogP contribution in [0.3, 0.4) is 0 Å². The molecule has 1 spiro atoms. The zero-order valence-corrected chi connectivity index (χ0v) is 13.5. The molecule has 2 nitrogen and oxygen atoms in total. The van der Waals surface area contributed by atoms with Crippen LogP contribution < -0.4 is 0 Å². The fraction of sp³-hybridized carbons (Fsp3) is 0.333. The van der Waals surface area contributed by atoms with Crippen LogP contribution in [0, 0.1) is 0 Å². The van der Waals surface area contributed by atoms with Crippen molar-refractivity contribution in [1.82, 2.24) is 4.90 Å². The lowest BCUT2D eigenvalue weighted by atomic mass is 9.62. The van der Waals surface area contributed by atoms with Crippen molar-refractivity contribution in [2.75, 3.05) is 19.6 Å². The number of fused-ring (bicyclic) bond motifs is 4. The van der Waals surface area contributed by atoms with Gasteiger partial charge in [-0.25, -0.2) is 0 Å². The second-order valence-electron chi connectivity index (χ2n) is 6.81. The quantitative estimate of drug-likeness (QED) is 0.852. The topological polar surface area (TPSA) is 23.5 Å². The van der Waals surface area contributed by atoms with Gasteiger partial charge in [0.25, 0.3) is 0 Å². The van der Waals surface area contributed by atoms with Crippen LogP contribution in [0.2, 0.25) is 0 Å². The van der Waals surface area contributed by atoms with Crippen LogP contribution in [0.15, 0.2) is 55.1 Å². The van der Waals surface area contributed by atoms with Gasteiger partial charge in [-0.2, -0.15) is 0 Å². The SMILES string of the molecule is C=CCN1CCC2(CC1)c1ccccc1Cc1c(O)cccc12. The Balaban J connectivity index is 1.83. The van der Waals surface area contributed by atoms with Gasteiger partial charge in [-0.3, -0.25) is 4.90 Å². The highest BCUT2D eigenvalue weighted by Crippen LogP contribution is 2.49. The third-order valence-electron chi connectivity index (χ3n) is 5.66. The maximum Gasteiger partial charge on any atom is 0.119 e. The first-order valence-corrected chi connectivity index (χ1v) is 8.47. The molecule has 4 rings (SSSR count). The smallest absolute Gasteiger partial charge is 0.119 e. The van der Waals surface area contributed by atoms with E-state index in [-0.39, 0.29) is 5.41 Å². The molecule has 0 unspecified atom stereocenters. The molecule has 2 aromatic carbocycles. The Labute approximate surface area is 138 Å². The summed E-state index contributed by atoms with van der Waals surface area (Å²) in [6.45, 7) is 6.99. The molecule has 0 bridgehead atoms. The molecule has 0 amide bonds. The minimum absolute atomic E-state index is 0.0561. The first-order valence-electron chi connectivity index (χ1n) is 8.47. The van der Waals surface area contributed by atoms with E-state index >= 15 is 0 Å². The average Bonchev–Trinajstić information content (AvgIpc) is 2.58. The van der Waals surface area contributed by atoms with E-state index in [4.69, 9.17) is 0 Å². The van der Waals surface area contributed by atoms with Crippen LogP contribution >= 0.6 is 0 Å². The van der Waals surface area contributed by atoms with E-state index in [0.717, 1.165) is 44.5 Å². The van der Waals surface area contributed by atoms with Crippen molar-refractivity contribution < 1.29 is 5.11 Å². The number of nitrogens with zero attached hydrogens (tertiary/aromatic N) is 1. The number of benzene rings is 2. The fourth-order valence-electron chi connectivity index (χ4n) is 4.52. The molecule has 118 valence electrons. The third kappa shape index (κ3) is 2.21. The normalized spacial score (nSPS) is 19.1. The summed E-state index contributed by atoms with van der Waals surface area (Å²) in [6.07, 6.45) is 5.05. The number of phenolic OH excluding ortho intramolecular Hbond substituents is 1. The molecule has 1 heterocycles. The van der Waals surface area contributed by atoms with Crippen molar-refractivity contribution in [2.45, 2.75) is 24.7 Å². The first kappa shape index (κ1) is 14.5. The van der Waals surface area contributed by atoms with Crippen LogP contribution in [0.1, 0.15) is 35.1 Å². The Morgan fingerprint density at radius 2 is 1.78 bits per heavy atom. The van der Waals surface area contributed by atoms with Gasteiger partial charge in [-0.1, -0.05) is 42.5 Å². The standard InChI is InChI=1S/C21H23NO/c1-2-12-22-13-10-21(11-14-22)18-7-4-3-6-16(18)15-17-19(21)8-5-9-20(17)23/h2-9,23H,1,10-15H2. The van der Waals surface area contributed by atoms with Crippen molar-refractivity contribution >= 4 is 0 Å². The molecule has 2 aromatic rings. The zero-order valence-electron chi connectivity index (χ0n) is 13.5. The number of phenols is 1. The number of hydrogen-bond donors (Lipinski definition) is 1. The van der Waals surface area contributed by atoms with Crippen molar-refractivity contribution in [3.8, 4) is 5.75 Å². The molecule has 0 radical (unpaired) electrons. The third-order valence-corrected chi connectivity index (χ3v) is 5.66. The highest BCUT2D eigenvalue weighted by molar-refractivity contribution is 5.57. The van der Waals surface area contributed by atoms with Crippen molar-refractivity contribution in [1.29, 1.82) is 0 Å². The van der Waals surface area contributed by atoms with Gasteiger partial charge >= 0.3 is 0 Å². The number of rotatable bonds is 2. The molecule has 0 saturated carbocycles. The molecule has 1 aliphatic carbocycles. The van der Waals surface area contributed by atoms with E-state index in [9.17, 15) is 5.11 Å². The fourth-order valence-corrected chi connectivity index (χ4v) is 4.52. The predicted octanol–water partition coefficient (Wildman–Crippen LogP) is 3.86. The monoisotopic (exact) mass is 305 g/mol. The second-order valence-corrected chi connectivity index (χ2v) is 6.81. The van der Waals surface area contributed by atoms with Crippen LogP contribution in [0.4, 0.5) is 0 Å². The lowest BCUT2D eigenvalue weighted by molar-refractivity contribution is 0.192. The predicted molar refractivity (Wildman–Crippen MR) is 94.0 cm³/mol. The van der Waals surface area contributed by atoms with Gasteiger partial charge in [0.1, 0.15) is 5.75 Å². The average molecular weight is 305 g/mol. The minimum atomic E-state index is 0.0561. The van der Waals surface area contributed by atoms with Crippen LogP contribution in [-0.4, -0.2) is 29.6 Å². The lowest BCUT2D eigenvalue weighted by Crippen LogP contribution is -2.45. The van der Waals surface area contributed by atoms with Gasteiger partial charge in [0.2, 0.25) is 0 Å². The summed E-state index contributed by atoms with van der Waals surface area (Å²) in [6, 6.07) is 14.9. The van der Waals surface area contributed by atoms with E-state index in [1.54, 1.807) is 0 Å². The number of hydrogen-bond acceptors (Lipinski definition) is 2. The minimum Gasteiger partial charge on any atom is -0.508 e. The number of piperidine rings is 1. The Kier molecular flexibility index (Phi) is 3.50. The van der Waals surface area contributed by atoms with Crippen molar-refractivity contribution in [3.63, 3.8) is 0 Å². The Morgan fingerprint density at radius 3 is 2.57 bits per heavy atom. The van der Waals surface area contributed by atoms with Crippen LogP contribution in [-0.2, 0) is 11.8 Å². The first-order chi connectivity index (χ1) is 11.2. The molecule has 1 fully saturated rings. The molecule has 1 saturated heterocycles. The maximum atomic E-state index is 10.4. The summed E-state index contributed by atoms with van der Waals surface area (Å²) < 4.78 is 0. The summed E-state index contributed by atoms with van der Waals surface area (Å²) in [4.78, 5) is 2.47. The molecule has 0 atom stereocenters. The molecule has 2 aliphatic rings. The van der Waals surface area contributed by atoms with E-state index in [2.05, 4.69) is 41.8 Å². The molecular weight excluding hydrogens is 282 g/mol. The molecule has 2 heteroatoms. The summed E-state index contributed by atoms with van der Waals surface area (Å²) in [5.74, 6) is 0.449.